The molecule has 1 fully saturated rings. The number of hydrogen-bond donors (Lipinski definition) is 1. The van der Waals surface area contributed by atoms with Crippen LogP contribution in [-0.4, -0.2) is 62.5 Å². The molecule has 0 bridgehead atoms. The molecule has 1 aromatic carbocycles. The highest BCUT2D eigenvalue weighted by atomic mass is 16.5. The standard InChI is InChI=1S/C16H21NO5/c1-20-14-4-2-13(3-5-16(18)19)12-15(14)22-11-8-17-6-9-21-10-7-17/h2-5,12H,6-11H2,1H3,(H,18,19). The molecule has 0 amide bonds. The molecule has 22 heavy (non-hydrogen) atoms. The summed E-state index contributed by atoms with van der Waals surface area (Å²) in [5.74, 6) is 0.267. The van der Waals surface area contributed by atoms with E-state index in [-0.39, 0.29) is 0 Å². The number of carboxylic acids is 1. The number of aliphatic carboxylic acids is 1. The molecule has 6 nitrogen and oxygen atoms in total. The Morgan fingerprint density at radius 1 is 1.36 bits per heavy atom. The van der Waals surface area contributed by atoms with Gasteiger partial charge >= 0.3 is 5.97 Å². The molecule has 0 unspecified atom stereocenters. The van der Waals surface area contributed by atoms with Gasteiger partial charge in [-0.05, 0) is 23.8 Å². The van der Waals surface area contributed by atoms with Crippen molar-refractivity contribution in [2.75, 3.05) is 46.6 Å². The lowest BCUT2D eigenvalue weighted by atomic mass is 10.2. The summed E-state index contributed by atoms with van der Waals surface area (Å²) in [4.78, 5) is 12.9. The number of carboxylic acid groups (broad SMARTS) is 1. The van der Waals surface area contributed by atoms with E-state index in [0.717, 1.165) is 44.5 Å². The van der Waals surface area contributed by atoms with Crippen LogP contribution in [0.2, 0.25) is 0 Å². The van der Waals surface area contributed by atoms with Crippen LogP contribution in [0.15, 0.2) is 24.3 Å². The van der Waals surface area contributed by atoms with Gasteiger partial charge in [-0.2, -0.15) is 0 Å². The first kappa shape index (κ1) is 16.3. The summed E-state index contributed by atoms with van der Waals surface area (Å²) in [6, 6.07) is 5.33. The normalized spacial score (nSPS) is 15.9. The summed E-state index contributed by atoms with van der Waals surface area (Å²) < 4.78 is 16.4. The molecule has 1 N–H and O–H groups in total. The number of carbonyl (C=O) groups is 1. The maximum Gasteiger partial charge on any atom is 0.328 e. The van der Waals surface area contributed by atoms with Crippen LogP contribution in [0.4, 0.5) is 0 Å². The smallest absolute Gasteiger partial charge is 0.328 e. The quantitative estimate of drug-likeness (QED) is 0.770. The van der Waals surface area contributed by atoms with E-state index >= 15 is 0 Å². The van der Waals surface area contributed by atoms with Crippen molar-refractivity contribution < 1.29 is 24.1 Å². The summed E-state index contributed by atoms with van der Waals surface area (Å²) in [7, 11) is 1.58. The molecule has 0 aliphatic carbocycles. The van der Waals surface area contributed by atoms with E-state index in [1.807, 2.05) is 0 Å². The Labute approximate surface area is 129 Å². The monoisotopic (exact) mass is 307 g/mol. The third kappa shape index (κ3) is 5.05. The molecular formula is C16H21NO5. The fourth-order valence-corrected chi connectivity index (χ4v) is 2.19. The molecule has 0 radical (unpaired) electrons. The van der Waals surface area contributed by atoms with Crippen LogP contribution in [-0.2, 0) is 9.53 Å². The number of methoxy groups -OCH3 is 1. The largest absolute Gasteiger partial charge is 0.493 e. The molecule has 0 aromatic heterocycles. The lowest BCUT2D eigenvalue weighted by Gasteiger charge is -2.26. The SMILES string of the molecule is COc1ccc(C=CC(=O)O)cc1OCCN1CCOCC1. The first-order valence-electron chi connectivity index (χ1n) is 7.21. The van der Waals surface area contributed by atoms with Gasteiger partial charge in [0.2, 0.25) is 0 Å². The van der Waals surface area contributed by atoms with Crippen molar-refractivity contribution in [2.24, 2.45) is 0 Å². The second-order valence-corrected chi connectivity index (χ2v) is 4.88. The Morgan fingerprint density at radius 3 is 2.82 bits per heavy atom. The second kappa shape index (κ2) is 8.41. The zero-order valence-electron chi connectivity index (χ0n) is 12.7. The fourth-order valence-electron chi connectivity index (χ4n) is 2.19. The molecule has 120 valence electrons. The maximum atomic E-state index is 10.6. The van der Waals surface area contributed by atoms with Crippen LogP contribution >= 0.6 is 0 Å². The minimum atomic E-state index is -0.981. The Morgan fingerprint density at radius 2 is 2.14 bits per heavy atom. The van der Waals surface area contributed by atoms with Gasteiger partial charge in [0.15, 0.2) is 11.5 Å². The van der Waals surface area contributed by atoms with E-state index in [0.29, 0.717) is 18.1 Å². The second-order valence-electron chi connectivity index (χ2n) is 4.88. The molecular weight excluding hydrogens is 286 g/mol. The lowest BCUT2D eigenvalue weighted by Crippen LogP contribution is -2.38. The highest BCUT2D eigenvalue weighted by molar-refractivity contribution is 5.85. The van der Waals surface area contributed by atoms with Crippen molar-refractivity contribution >= 4 is 12.0 Å². The van der Waals surface area contributed by atoms with Gasteiger partial charge in [0.05, 0.1) is 20.3 Å². The van der Waals surface area contributed by atoms with Crippen LogP contribution in [0, 0.1) is 0 Å². The summed E-state index contributed by atoms with van der Waals surface area (Å²) in [6.07, 6.45) is 2.62. The number of benzene rings is 1. The van der Waals surface area contributed by atoms with E-state index in [4.69, 9.17) is 19.3 Å². The van der Waals surface area contributed by atoms with Crippen molar-refractivity contribution in [3.05, 3.63) is 29.8 Å². The third-order valence-electron chi connectivity index (χ3n) is 3.37. The van der Waals surface area contributed by atoms with Gasteiger partial charge < -0.3 is 19.3 Å². The molecule has 6 heteroatoms. The Kier molecular flexibility index (Phi) is 6.24. The predicted octanol–water partition coefficient (Wildman–Crippen LogP) is 1.50. The molecule has 0 saturated carbocycles. The minimum Gasteiger partial charge on any atom is -0.493 e. The maximum absolute atomic E-state index is 10.6. The fraction of sp³-hybridized carbons (Fsp3) is 0.438. The van der Waals surface area contributed by atoms with Gasteiger partial charge in [-0.1, -0.05) is 6.07 Å². The summed E-state index contributed by atoms with van der Waals surface area (Å²) >= 11 is 0. The zero-order chi connectivity index (χ0) is 15.8. The van der Waals surface area contributed by atoms with Gasteiger partial charge in [0.1, 0.15) is 6.61 Å². The highest BCUT2D eigenvalue weighted by Gasteiger charge is 2.11. The van der Waals surface area contributed by atoms with Gasteiger partial charge in [-0.3, -0.25) is 4.90 Å². The number of ether oxygens (including phenoxy) is 3. The molecule has 1 aromatic rings. The van der Waals surface area contributed by atoms with E-state index in [1.54, 1.807) is 25.3 Å². The van der Waals surface area contributed by atoms with Gasteiger partial charge in [0.25, 0.3) is 0 Å². The van der Waals surface area contributed by atoms with E-state index in [2.05, 4.69) is 4.90 Å². The van der Waals surface area contributed by atoms with Crippen LogP contribution in [0.1, 0.15) is 5.56 Å². The van der Waals surface area contributed by atoms with Crippen LogP contribution in [0.3, 0.4) is 0 Å². The summed E-state index contributed by atoms with van der Waals surface area (Å²) in [5, 5.41) is 8.67. The Hall–Kier alpha value is -2.05. The van der Waals surface area contributed by atoms with Crippen molar-refractivity contribution in [3.8, 4) is 11.5 Å². The summed E-state index contributed by atoms with van der Waals surface area (Å²) in [6.45, 7) is 4.73. The molecule has 0 spiro atoms. The van der Waals surface area contributed by atoms with Crippen LogP contribution < -0.4 is 9.47 Å². The Balaban J connectivity index is 1.94. The van der Waals surface area contributed by atoms with E-state index in [9.17, 15) is 4.79 Å². The van der Waals surface area contributed by atoms with E-state index in [1.165, 1.54) is 6.08 Å². The molecule has 1 saturated heterocycles. The minimum absolute atomic E-state index is 0.544. The van der Waals surface area contributed by atoms with Crippen molar-refractivity contribution in [1.82, 2.24) is 4.90 Å². The number of hydrogen-bond acceptors (Lipinski definition) is 5. The van der Waals surface area contributed by atoms with Gasteiger partial charge in [-0.15, -0.1) is 0 Å². The molecule has 1 heterocycles. The third-order valence-corrected chi connectivity index (χ3v) is 3.37. The summed E-state index contributed by atoms with van der Waals surface area (Å²) in [5.41, 5.74) is 0.754. The number of morpholine rings is 1. The average molecular weight is 307 g/mol. The van der Waals surface area contributed by atoms with Crippen LogP contribution in [0.25, 0.3) is 6.08 Å². The Bertz CT molecular complexity index is 523. The first-order chi connectivity index (χ1) is 10.7. The topological polar surface area (TPSA) is 68.2 Å². The lowest BCUT2D eigenvalue weighted by molar-refractivity contribution is -0.131. The van der Waals surface area contributed by atoms with Crippen molar-refractivity contribution in [1.29, 1.82) is 0 Å². The number of rotatable bonds is 7. The van der Waals surface area contributed by atoms with Gasteiger partial charge in [-0.25, -0.2) is 4.79 Å². The van der Waals surface area contributed by atoms with Crippen molar-refractivity contribution in [3.63, 3.8) is 0 Å². The molecule has 2 rings (SSSR count). The average Bonchev–Trinajstić information content (AvgIpc) is 2.54. The highest BCUT2D eigenvalue weighted by Crippen LogP contribution is 2.28. The predicted molar refractivity (Wildman–Crippen MR) is 82.4 cm³/mol. The zero-order valence-corrected chi connectivity index (χ0v) is 12.7. The van der Waals surface area contributed by atoms with Crippen molar-refractivity contribution in [2.45, 2.75) is 0 Å². The van der Waals surface area contributed by atoms with Crippen LogP contribution in [0.5, 0.6) is 11.5 Å². The number of nitrogens with zero attached hydrogens (tertiary/aromatic N) is 1. The van der Waals surface area contributed by atoms with E-state index < -0.39 is 5.97 Å². The first-order valence-corrected chi connectivity index (χ1v) is 7.21. The molecule has 0 atom stereocenters. The molecule has 1 aliphatic rings. The van der Waals surface area contributed by atoms with Gasteiger partial charge in [0, 0.05) is 25.7 Å². The molecule has 1 aliphatic heterocycles.